The van der Waals surface area contributed by atoms with E-state index >= 15 is 0 Å². The van der Waals surface area contributed by atoms with Gasteiger partial charge in [0.05, 0.1) is 16.5 Å². The fourth-order valence-corrected chi connectivity index (χ4v) is 2.60. The van der Waals surface area contributed by atoms with Crippen LogP contribution in [0.5, 0.6) is 0 Å². The van der Waals surface area contributed by atoms with Crippen molar-refractivity contribution in [2.45, 2.75) is 0 Å². The molecule has 0 amide bonds. The molecule has 0 radical (unpaired) electrons. The lowest BCUT2D eigenvalue weighted by Gasteiger charge is -1.96. The summed E-state index contributed by atoms with van der Waals surface area (Å²) in [5.41, 5.74) is 2.04. The molecule has 0 fully saturated rings. The Morgan fingerprint density at radius 3 is 2.94 bits per heavy atom. The Morgan fingerprint density at radius 2 is 2.22 bits per heavy atom. The summed E-state index contributed by atoms with van der Waals surface area (Å²) in [7, 11) is 0. The number of thiophene rings is 1. The van der Waals surface area contributed by atoms with E-state index in [1.165, 1.54) is 11.3 Å². The molecule has 1 N–H and O–H groups in total. The molecule has 0 saturated carbocycles. The maximum absolute atomic E-state index is 12.3. The summed E-state index contributed by atoms with van der Waals surface area (Å²) in [5, 5.41) is 11.6. The van der Waals surface area contributed by atoms with Crippen LogP contribution in [0.3, 0.4) is 0 Å². The van der Waals surface area contributed by atoms with Crippen molar-refractivity contribution in [3.05, 3.63) is 57.9 Å². The zero-order chi connectivity index (χ0) is 12.5. The van der Waals surface area contributed by atoms with Gasteiger partial charge in [-0.15, -0.1) is 11.3 Å². The third kappa shape index (κ3) is 1.62. The van der Waals surface area contributed by atoms with E-state index in [1.54, 1.807) is 24.4 Å². The number of hydrogen-bond donors (Lipinski definition) is 1. The van der Waals surface area contributed by atoms with E-state index in [0.717, 1.165) is 10.9 Å². The van der Waals surface area contributed by atoms with E-state index < -0.39 is 0 Å². The van der Waals surface area contributed by atoms with E-state index in [4.69, 9.17) is 5.26 Å². The molecule has 0 unspecified atom stereocenters. The maximum atomic E-state index is 12.3. The van der Waals surface area contributed by atoms with Gasteiger partial charge in [0.15, 0.2) is 0 Å². The molecule has 0 aliphatic heterocycles. The second-order valence-electron chi connectivity index (χ2n) is 3.88. The van der Waals surface area contributed by atoms with Gasteiger partial charge in [-0.1, -0.05) is 6.07 Å². The number of carbonyl (C=O) groups is 1. The Morgan fingerprint density at radius 1 is 1.33 bits per heavy atom. The minimum atomic E-state index is -0.00802. The molecule has 0 bridgehead atoms. The lowest BCUT2D eigenvalue weighted by Crippen LogP contribution is -1.96. The molecule has 1 aromatic carbocycles. The number of nitrogens with one attached hydrogen (secondary N) is 1. The van der Waals surface area contributed by atoms with Gasteiger partial charge >= 0.3 is 0 Å². The topological polar surface area (TPSA) is 56.6 Å². The van der Waals surface area contributed by atoms with Crippen molar-refractivity contribution in [3.8, 4) is 6.07 Å². The van der Waals surface area contributed by atoms with Crippen LogP contribution in [0.15, 0.2) is 41.9 Å². The van der Waals surface area contributed by atoms with Crippen molar-refractivity contribution in [2.24, 2.45) is 0 Å². The Kier molecular flexibility index (Phi) is 2.47. The molecular weight excluding hydrogens is 244 g/mol. The van der Waals surface area contributed by atoms with Crippen LogP contribution in [-0.4, -0.2) is 10.8 Å². The molecule has 3 aromatic rings. The van der Waals surface area contributed by atoms with Gasteiger partial charge in [-0.05, 0) is 29.6 Å². The largest absolute Gasteiger partial charge is 0.360 e. The van der Waals surface area contributed by atoms with Crippen molar-refractivity contribution in [1.82, 2.24) is 4.98 Å². The number of nitriles is 1. The van der Waals surface area contributed by atoms with Crippen molar-refractivity contribution in [2.75, 3.05) is 0 Å². The summed E-state index contributed by atoms with van der Waals surface area (Å²) in [6.45, 7) is 0. The smallest absolute Gasteiger partial charge is 0.205 e. The Hall–Kier alpha value is -2.38. The predicted molar refractivity (Wildman–Crippen MR) is 70.8 cm³/mol. The lowest BCUT2D eigenvalue weighted by molar-refractivity contribution is 0.104. The molecule has 2 aromatic heterocycles. The summed E-state index contributed by atoms with van der Waals surface area (Å²) in [6.07, 6.45) is 1.70. The van der Waals surface area contributed by atoms with Crippen LogP contribution in [0.1, 0.15) is 20.8 Å². The van der Waals surface area contributed by atoms with E-state index in [0.29, 0.717) is 16.0 Å². The van der Waals surface area contributed by atoms with Gasteiger partial charge in [0, 0.05) is 22.7 Å². The van der Waals surface area contributed by atoms with Gasteiger partial charge in [-0.25, -0.2) is 0 Å². The molecule has 2 heterocycles. The summed E-state index contributed by atoms with van der Waals surface area (Å²) >= 11 is 1.42. The summed E-state index contributed by atoms with van der Waals surface area (Å²) in [5.74, 6) is -0.00802. The Bertz CT molecular complexity index is 763. The molecule has 4 heteroatoms. The molecule has 0 aliphatic rings. The normalized spacial score (nSPS) is 10.4. The Labute approximate surface area is 107 Å². The van der Waals surface area contributed by atoms with Gasteiger partial charge in [0.1, 0.15) is 0 Å². The first-order chi connectivity index (χ1) is 8.79. The highest BCUT2D eigenvalue weighted by atomic mass is 32.1. The highest BCUT2D eigenvalue weighted by Gasteiger charge is 2.15. The summed E-state index contributed by atoms with van der Waals surface area (Å²) in [6, 6.07) is 11.0. The minimum absolute atomic E-state index is 0.00802. The monoisotopic (exact) mass is 252 g/mol. The second kappa shape index (κ2) is 4.13. The molecule has 0 atom stereocenters. The van der Waals surface area contributed by atoms with Crippen LogP contribution < -0.4 is 0 Å². The minimum Gasteiger partial charge on any atom is -0.360 e. The fourth-order valence-electron chi connectivity index (χ4n) is 1.92. The number of H-pyrrole nitrogens is 1. The van der Waals surface area contributed by atoms with Crippen molar-refractivity contribution >= 4 is 28.0 Å². The number of carbonyl (C=O) groups excluding carboxylic acids is 1. The van der Waals surface area contributed by atoms with Gasteiger partial charge in [-0.2, -0.15) is 5.26 Å². The standard InChI is InChI=1S/C14H8N2OS/c15-7-9-3-4-12-10(6-9)11(8-16-12)14(17)13-2-1-5-18-13/h1-6,8,16H. The third-order valence-electron chi connectivity index (χ3n) is 2.80. The maximum Gasteiger partial charge on any atom is 0.205 e. The number of aromatic amines is 1. The number of fused-ring (bicyclic) bond motifs is 1. The van der Waals surface area contributed by atoms with Crippen LogP contribution in [0.2, 0.25) is 0 Å². The molecule has 3 rings (SSSR count). The average molecular weight is 252 g/mol. The molecule has 0 spiro atoms. The van der Waals surface area contributed by atoms with Crippen LogP contribution in [-0.2, 0) is 0 Å². The van der Waals surface area contributed by atoms with E-state index in [1.807, 2.05) is 17.5 Å². The van der Waals surface area contributed by atoms with Crippen molar-refractivity contribution < 1.29 is 4.79 Å². The number of hydrogen-bond acceptors (Lipinski definition) is 3. The van der Waals surface area contributed by atoms with Gasteiger partial charge in [-0.3, -0.25) is 4.79 Å². The lowest BCUT2D eigenvalue weighted by atomic mass is 10.1. The first kappa shape index (κ1) is 10.8. The van der Waals surface area contributed by atoms with Gasteiger partial charge in [0.25, 0.3) is 0 Å². The molecule has 3 nitrogen and oxygen atoms in total. The van der Waals surface area contributed by atoms with E-state index in [9.17, 15) is 4.79 Å². The average Bonchev–Trinajstić information content (AvgIpc) is 3.06. The molecular formula is C14H8N2OS. The molecule has 0 saturated heterocycles. The highest BCUT2D eigenvalue weighted by Crippen LogP contribution is 2.23. The molecule has 18 heavy (non-hydrogen) atoms. The number of aromatic nitrogens is 1. The van der Waals surface area contributed by atoms with Gasteiger partial charge < -0.3 is 4.98 Å². The van der Waals surface area contributed by atoms with Crippen LogP contribution >= 0.6 is 11.3 Å². The summed E-state index contributed by atoms with van der Waals surface area (Å²) in [4.78, 5) is 16.1. The quantitative estimate of drug-likeness (QED) is 0.711. The first-order valence-electron chi connectivity index (χ1n) is 5.39. The number of benzene rings is 1. The zero-order valence-corrected chi connectivity index (χ0v) is 10.1. The van der Waals surface area contributed by atoms with Crippen molar-refractivity contribution in [1.29, 1.82) is 5.26 Å². The third-order valence-corrected chi connectivity index (χ3v) is 3.67. The van der Waals surface area contributed by atoms with Crippen LogP contribution in [0, 0.1) is 11.3 Å². The van der Waals surface area contributed by atoms with Crippen molar-refractivity contribution in [3.63, 3.8) is 0 Å². The summed E-state index contributed by atoms with van der Waals surface area (Å²) < 4.78 is 0. The van der Waals surface area contributed by atoms with Crippen LogP contribution in [0.4, 0.5) is 0 Å². The molecule has 0 aliphatic carbocycles. The fraction of sp³-hybridized carbons (Fsp3) is 0. The zero-order valence-electron chi connectivity index (χ0n) is 9.31. The number of rotatable bonds is 2. The first-order valence-corrected chi connectivity index (χ1v) is 6.27. The number of nitrogens with zero attached hydrogens (tertiary/aromatic N) is 1. The number of ketones is 1. The van der Waals surface area contributed by atoms with E-state index in [2.05, 4.69) is 11.1 Å². The van der Waals surface area contributed by atoms with Crippen LogP contribution in [0.25, 0.3) is 10.9 Å². The Balaban J connectivity index is 2.18. The predicted octanol–water partition coefficient (Wildman–Crippen LogP) is 3.33. The highest BCUT2D eigenvalue weighted by molar-refractivity contribution is 7.12. The second-order valence-corrected chi connectivity index (χ2v) is 4.83. The van der Waals surface area contributed by atoms with Gasteiger partial charge in [0.2, 0.25) is 5.78 Å². The SMILES string of the molecule is N#Cc1ccc2[nH]cc(C(=O)c3cccs3)c2c1. The van der Waals surface area contributed by atoms with E-state index in [-0.39, 0.29) is 5.78 Å². The molecule has 86 valence electrons.